The van der Waals surface area contributed by atoms with Gasteiger partial charge in [-0.25, -0.2) is 21.8 Å². The molecule has 204 valence electrons. The van der Waals surface area contributed by atoms with Crippen LogP contribution in [-0.4, -0.2) is 95.7 Å². The largest absolute Gasteiger partial charge is 0.379 e. The highest BCUT2D eigenvalue weighted by atomic mass is 32.2. The first-order valence-electron chi connectivity index (χ1n) is 12.5. The zero-order valence-corrected chi connectivity index (χ0v) is 23.5. The molecule has 2 aromatic carbocycles. The Morgan fingerprint density at radius 2 is 1.63 bits per heavy atom. The smallest absolute Gasteiger partial charge is 0.260 e. The Morgan fingerprint density at radius 3 is 2.29 bits per heavy atom. The Kier molecular flexibility index (Phi) is 7.85. The van der Waals surface area contributed by atoms with Crippen LogP contribution < -0.4 is 4.90 Å². The van der Waals surface area contributed by atoms with Crippen molar-refractivity contribution in [2.75, 3.05) is 63.6 Å². The molecule has 0 unspecified atom stereocenters. The van der Waals surface area contributed by atoms with Gasteiger partial charge < -0.3 is 4.74 Å². The number of aromatic nitrogens is 1. The van der Waals surface area contributed by atoms with Gasteiger partial charge >= 0.3 is 0 Å². The summed E-state index contributed by atoms with van der Waals surface area (Å²) in [7, 11) is -6.97. The molecule has 2 saturated heterocycles. The summed E-state index contributed by atoms with van der Waals surface area (Å²) < 4.78 is 57.4. The minimum atomic E-state index is -3.58. The van der Waals surface area contributed by atoms with Gasteiger partial charge in [0.25, 0.3) is 5.91 Å². The number of carbonyl (C=O) groups is 1. The number of amides is 1. The lowest BCUT2D eigenvalue weighted by Gasteiger charge is -2.29. The van der Waals surface area contributed by atoms with E-state index in [4.69, 9.17) is 4.74 Å². The maximum Gasteiger partial charge on any atom is 0.260 e. The maximum absolute atomic E-state index is 13.7. The average molecular weight is 579 g/mol. The average Bonchev–Trinajstić information content (AvgIpc) is 3.59. The van der Waals surface area contributed by atoms with E-state index in [0.29, 0.717) is 60.3 Å². The number of benzene rings is 2. The lowest BCUT2D eigenvalue weighted by molar-refractivity contribution is 0.0391. The number of anilines is 1. The minimum absolute atomic E-state index is 0.170. The van der Waals surface area contributed by atoms with Crippen LogP contribution in [-0.2, 0) is 24.6 Å². The zero-order chi connectivity index (χ0) is 26.9. The lowest BCUT2D eigenvalue weighted by Crippen LogP contribution is -2.43. The molecule has 10 nitrogen and oxygen atoms in total. The van der Waals surface area contributed by atoms with Gasteiger partial charge in [-0.1, -0.05) is 11.3 Å². The molecule has 2 aliphatic heterocycles. The van der Waals surface area contributed by atoms with E-state index in [-0.39, 0.29) is 15.7 Å². The summed E-state index contributed by atoms with van der Waals surface area (Å²) in [6.45, 7) is 4.80. The van der Waals surface area contributed by atoms with Crippen LogP contribution in [0.4, 0.5) is 5.13 Å². The maximum atomic E-state index is 13.7. The molecule has 0 N–H and O–H groups in total. The highest BCUT2D eigenvalue weighted by Crippen LogP contribution is 2.32. The van der Waals surface area contributed by atoms with Crippen LogP contribution in [0.5, 0.6) is 0 Å². The summed E-state index contributed by atoms with van der Waals surface area (Å²) in [5.74, 6) is -0.300. The first-order chi connectivity index (χ1) is 18.1. The van der Waals surface area contributed by atoms with Crippen molar-refractivity contribution in [1.29, 1.82) is 0 Å². The first kappa shape index (κ1) is 27.2. The van der Waals surface area contributed by atoms with Gasteiger partial charge in [-0.15, -0.1) is 0 Å². The molecule has 3 heterocycles. The molecule has 0 radical (unpaired) electrons. The van der Waals surface area contributed by atoms with Crippen LogP contribution in [0.3, 0.4) is 0 Å². The highest BCUT2D eigenvalue weighted by molar-refractivity contribution is 7.90. The number of hydrogen-bond donors (Lipinski definition) is 0. The molecule has 0 saturated carbocycles. The van der Waals surface area contributed by atoms with Gasteiger partial charge in [0, 0.05) is 51.1 Å². The Bertz CT molecular complexity index is 1520. The number of fused-ring (bicyclic) bond motifs is 1. The molecule has 0 aliphatic carbocycles. The number of sulfone groups is 1. The summed E-state index contributed by atoms with van der Waals surface area (Å²) >= 11 is 1.25. The minimum Gasteiger partial charge on any atom is -0.379 e. The fourth-order valence-corrected chi connectivity index (χ4v) is 7.86. The van der Waals surface area contributed by atoms with Crippen molar-refractivity contribution in [1.82, 2.24) is 14.2 Å². The van der Waals surface area contributed by atoms with Crippen LogP contribution >= 0.6 is 11.3 Å². The number of morpholine rings is 1. The van der Waals surface area contributed by atoms with Gasteiger partial charge in [-0.05, 0) is 55.3 Å². The van der Waals surface area contributed by atoms with Crippen molar-refractivity contribution < 1.29 is 26.4 Å². The highest BCUT2D eigenvalue weighted by Gasteiger charge is 2.28. The Labute approximate surface area is 226 Å². The second kappa shape index (κ2) is 11.0. The normalized spacial score (nSPS) is 17.7. The molecule has 0 atom stereocenters. The topological polar surface area (TPSA) is 117 Å². The predicted octanol–water partition coefficient (Wildman–Crippen LogP) is 2.46. The van der Waals surface area contributed by atoms with E-state index < -0.39 is 19.9 Å². The molecule has 1 aromatic heterocycles. The first-order valence-corrected chi connectivity index (χ1v) is 16.6. The van der Waals surface area contributed by atoms with Crippen LogP contribution in [0.2, 0.25) is 0 Å². The molecule has 0 spiro atoms. The Balaban J connectivity index is 1.44. The number of hydrogen-bond acceptors (Lipinski definition) is 9. The second-order valence-corrected chi connectivity index (χ2v) is 14.4. The molecule has 1 amide bonds. The van der Waals surface area contributed by atoms with Crippen molar-refractivity contribution in [3.05, 3.63) is 48.0 Å². The summed E-state index contributed by atoms with van der Waals surface area (Å²) in [6, 6.07) is 10.8. The van der Waals surface area contributed by atoms with Gasteiger partial charge in [0.2, 0.25) is 10.0 Å². The van der Waals surface area contributed by atoms with E-state index >= 15 is 0 Å². The molecule has 5 rings (SSSR count). The van der Waals surface area contributed by atoms with Crippen LogP contribution in [0, 0.1) is 0 Å². The van der Waals surface area contributed by atoms with Crippen molar-refractivity contribution in [3.8, 4) is 0 Å². The van der Waals surface area contributed by atoms with Gasteiger partial charge in [-0.2, -0.15) is 4.31 Å². The van der Waals surface area contributed by atoms with E-state index in [0.717, 1.165) is 32.2 Å². The van der Waals surface area contributed by atoms with Crippen LogP contribution in [0.25, 0.3) is 10.2 Å². The zero-order valence-electron chi connectivity index (χ0n) is 21.1. The van der Waals surface area contributed by atoms with E-state index in [1.807, 2.05) is 0 Å². The van der Waals surface area contributed by atoms with E-state index in [2.05, 4.69) is 9.88 Å². The number of nitrogens with zero attached hydrogens (tertiary/aromatic N) is 4. The third-order valence-electron chi connectivity index (χ3n) is 6.80. The van der Waals surface area contributed by atoms with E-state index in [1.165, 1.54) is 33.8 Å². The number of sulfonamides is 1. The Morgan fingerprint density at radius 1 is 0.974 bits per heavy atom. The summed E-state index contributed by atoms with van der Waals surface area (Å²) in [5, 5.41) is 0.456. The molecule has 2 fully saturated rings. The van der Waals surface area contributed by atoms with Crippen molar-refractivity contribution in [3.63, 3.8) is 0 Å². The molecule has 13 heteroatoms. The number of rotatable bonds is 8. The summed E-state index contributed by atoms with van der Waals surface area (Å²) in [5.41, 5.74) is 0.956. The van der Waals surface area contributed by atoms with Crippen molar-refractivity contribution in [2.45, 2.75) is 22.6 Å². The van der Waals surface area contributed by atoms with Gasteiger partial charge in [-0.3, -0.25) is 14.6 Å². The van der Waals surface area contributed by atoms with Crippen LogP contribution in [0.1, 0.15) is 23.2 Å². The molecular formula is C25H30N4O6S3. The summed E-state index contributed by atoms with van der Waals surface area (Å²) in [4.78, 5) is 22.5. The number of ether oxygens (including phenoxy) is 1. The summed E-state index contributed by atoms with van der Waals surface area (Å²) in [6.07, 6.45) is 2.85. The fourth-order valence-electron chi connectivity index (χ4n) is 4.59. The van der Waals surface area contributed by atoms with E-state index in [1.54, 1.807) is 29.2 Å². The van der Waals surface area contributed by atoms with E-state index in [9.17, 15) is 21.6 Å². The molecule has 0 bridgehead atoms. The number of thiazole rings is 1. The third-order valence-corrected chi connectivity index (χ3v) is 10.9. The molecule has 2 aliphatic rings. The lowest BCUT2D eigenvalue weighted by atomic mass is 10.2. The van der Waals surface area contributed by atoms with Crippen molar-refractivity contribution in [2.24, 2.45) is 0 Å². The second-order valence-electron chi connectivity index (χ2n) is 9.44. The fraction of sp³-hybridized carbons (Fsp3) is 0.440. The molecule has 38 heavy (non-hydrogen) atoms. The third kappa shape index (κ3) is 5.77. The number of carbonyl (C=O) groups excluding carboxylic acids is 1. The predicted molar refractivity (Wildman–Crippen MR) is 146 cm³/mol. The quantitative estimate of drug-likeness (QED) is 0.400. The van der Waals surface area contributed by atoms with Gasteiger partial charge in [0.15, 0.2) is 15.0 Å². The van der Waals surface area contributed by atoms with Crippen molar-refractivity contribution >= 4 is 52.5 Å². The molecule has 3 aromatic rings. The monoisotopic (exact) mass is 578 g/mol. The van der Waals surface area contributed by atoms with Crippen LogP contribution in [0.15, 0.2) is 52.3 Å². The van der Waals surface area contributed by atoms with Gasteiger partial charge in [0.05, 0.1) is 33.2 Å². The SMILES string of the molecule is CS(=O)(=O)c1ccc2nc(N(CCN3CCOCC3)C(=O)c3ccc(S(=O)(=O)N4CCCC4)cc3)sc2c1. The Hall–Kier alpha value is -2.42. The standard InChI is InChI=1S/C25H30N4O6S3/c1-37(31,32)21-8-9-22-23(18-21)36-25(26-22)29(13-12-27-14-16-35-17-15-27)24(30)19-4-6-20(7-5-19)38(33,34)28-10-2-3-11-28/h4-9,18H,2-3,10-17H2,1H3. The molecular weight excluding hydrogens is 548 g/mol. The van der Waals surface area contributed by atoms with Gasteiger partial charge in [0.1, 0.15) is 0 Å².